The zero-order chi connectivity index (χ0) is 20.7. The largest absolute Gasteiger partial charge is 0.486 e. The summed E-state index contributed by atoms with van der Waals surface area (Å²) < 4.78 is 12.4. The lowest BCUT2D eigenvalue weighted by Gasteiger charge is -2.19. The van der Waals surface area contributed by atoms with Gasteiger partial charge in [0.15, 0.2) is 17.3 Å². The predicted molar refractivity (Wildman–Crippen MR) is 109 cm³/mol. The molecule has 2 aromatic carbocycles. The third-order valence-corrected chi connectivity index (χ3v) is 5.02. The van der Waals surface area contributed by atoms with E-state index in [-0.39, 0.29) is 18.2 Å². The Balaban J connectivity index is 1.31. The highest BCUT2D eigenvalue weighted by Crippen LogP contribution is 2.33. The minimum Gasteiger partial charge on any atom is -0.486 e. The van der Waals surface area contributed by atoms with Gasteiger partial charge in [-0.3, -0.25) is 14.9 Å². The number of benzene rings is 2. The second kappa shape index (κ2) is 7.34. The molecule has 2 N–H and O–H groups in total. The Morgan fingerprint density at radius 1 is 1.17 bits per heavy atom. The molecule has 0 saturated heterocycles. The van der Waals surface area contributed by atoms with E-state index in [9.17, 15) is 9.59 Å². The van der Waals surface area contributed by atoms with Crippen LogP contribution >= 0.6 is 11.6 Å². The SMILES string of the molecule is O=C(C[C@@H]1C(=O)Nc2nc(-c3ccc(Cl)cc3)nn21)Nc1ccc2c(c1)OCCO2. The Bertz CT molecular complexity index is 1140. The van der Waals surface area contributed by atoms with E-state index in [0.717, 1.165) is 5.56 Å². The van der Waals surface area contributed by atoms with Crippen molar-refractivity contribution < 1.29 is 19.1 Å². The highest BCUT2D eigenvalue weighted by Gasteiger charge is 2.35. The van der Waals surface area contributed by atoms with Crippen molar-refractivity contribution in [2.45, 2.75) is 12.5 Å². The Morgan fingerprint density at radius 2 is 1.93 bits per heavy atom. The Kier molecular flexibility index (Phi) is 4.51. The molecule has 0 radical (unpaired) electrons. The van der Waals surface area contributed by atoms with Gasteiger partial charge < -0.3 is 14.8 Å². The first-order chi connectivity index (χ1) is 14.6. The molecule has 30 heavy (non-hydrogen) atoms. The summed E-state index contributed by atoms with van der Waals surface area (Å²) in [5.74, 6) is 1.30. The molecule has 0 unspecified atom stereocenters. The van der Waals surface area contributed by atoms with Crippen LogP contribution in [0.25, 0.3) is 11.4 Å². The molecule has 0 spiro atoms. The van der Waals surface area contributed by atoms with Crippen LogP contribution in [0.2, 0.25) is 5.02 Å². The normalized spacial score (nSPS) is 16.7. The van der Waals surface area contributed by atoms with Crippen LogP contribution in [0.1, 0.15) is 12.5 Å². The highest BCUT2D eigenvalue weighted by molar-refractivity contribution is 6.30. The van der Waals surface area contributed by atoms with Crippen LogP contribution in [-0.4, -0.2) is 39.8 Å². The molecule has 3 aromatic rings. The highest BCUT2D eigenvalue weighted by atomic mass is 35.5. The van der Waals surface area contributed by atoms with Crippen molar-refractivity contribution in [1.82, 2.24) is 14.8 Å². The van der Waals surface area contributed by atoms with E-state index in [4.69, 9.17) is 21.1 Å². The number of nitrogens with zero attached hydrogens (tertiary/aromatic N) is 3. The van der Waals surface area contributed by atoms with Crippen molar-refractivity contribution in [3.8, 4) is 22.9 Å². The fourth-order valence-corrected chi connectivity index (χ4v) is 3.47. The summed E-state index contributed by atoms with van der Waals surface area (Å²) in [6, 6.07) is 11.4. The summed E-state index contributed by atoms with van der Waals surface area (Å²) in [5, 5.41) is 10.5. The van der Waals surface area contributed by atoms with E-state index in [1.54, 1.807) is 42.5 Å². The zero-order valence-corrected chi connectivity index (χ0v) is 16.3. The molecular weight excluding hydrogens is 410 g/mol. The number of hydrogen-bond acceptors (Lipinski definition) is 6. The Hall–Kier alpha value is -3.59. The monoisotopic (exact) mass is 425 g/mol. The number of amides is 2. The fourth-order valence-electron chi connectivity index (χ4n) is 3.34. The van der Waals surface area contributed by atoms with Crippen molar-refractivity contribution in [1.29, 1.82) is 0 Å². The molecule has 0 bridgehead atoms. The first kappa shape index (κ1) is 18.4. The van der Waals surface area contributed by atoms with E-state index in [1.807, 2.05) is 0 Å². The fraction of sp³-hybridized carbons (Fsp3) is 0.200. The maximum absolute atomic E-state index is 12.6. The Labute approximate surface area is 176 Å². The number of rotatable bonds is 4. The van der Waals surface area contributed by atoms with Gasteiger partial charge in [0.25, 0.3) is 5.91 Å². The number of aromatic nitrogens is 3. The second-order valence-corrected chi connectivity index (χ2v) is 7.26. The standard InChI is InChI=1S/C20H16ClN5O4/c21-12-3-1-11(2-4-12)18-23-20-24-19(28)14(26(20)25-18)10-17(27)22-13-5-6-15-16(9-13)30-8-7-29-15/h1-6,9,14H,7-8,10H2,(H,22,27)(H,23,24,25,28)/t14-/m1/s1. The topological polar surface area (TPSA) is 107 Å². The summed E-state index contributed by atoms with van der Waals surface area (Å²) in [6.45, 7) is 0.950. The summed E-state index contributed by atoms with van der Waals surface area (Å²) in [6.07, 6.45) is -0.0866. The molecule has 10 heteroatoms. The van der Waals surface area contributed by atoms with E-state index < -0.39 is 6.04 Å². The van der Waals surface area contributed by atoms with Gasteiger partial charge in [0.05, 0.1) is 6.42 Å². The van der Waals surface area contributed by atoms with Gasteiger partial charge in [-0.1, -0.05) is 11.6 Å². The number of fused-ring (bicyclic) bond motifs is 2. The number of nitrogens with one attached hydrogen (secondary N) is 2. The third kappa shape index (κ3) is 3.43. The van der Waals surface area contributed by atoms with E-state index in [2.05, 4.69) is 20.7 Å². The molecule has 152 valence electrons. The number of carbonyl (C=O) groups is 2. The molecule has 0 fully saturated rings. The first-order valence-electron chi connectivity index (χ1n) is 9.30. The van der Waals surface area contributed by atoms with Crippen LogP contribution in [0.4, 0.5) is 11.6 Å². The number of halogens is 1. The minimum atomic E-state index is -0.786. The molecule has 5 rings (SSSR count). The second-order valence-electron chi connectivity index (χ2n) is 6.83. The summed E-state index contributed by atoms with van der Waals surface area (Å²) in [5.41, 5.74) is 1.32. The zero-order valence-electron chi connectivity index (χ0n) is 15.6. The van der Waals surface area contributed by atoms with Gasteiger partial charge in [-0.05, 0) is 36.4 Å². The molecule has 9 nitrogen and oxygen atoms in total. The van der Waals surface area contributed by atoms with Crippen molar-refractivity contribution >= 4 is 35.1 Å². The van der Waals surface area contributed by atoms with Crippen molar-refractivity contribution in [3.05, 3.63) is 47.5 Å². The lowest BCUT2D eigenvalue weighted by molar-refractivity contribution is -0.123. The van der Waals surface area contributed by atoms with E-state index in [0.29, 0.717) is 47.2 Å². The van der Waals surface area contributed by atoms with Crippen molar-refractivity contribution in [3.63, 3.8) is 0 Å². The maximum Gasteiger partial charge on any atom is 0.252 e. The number of carbonyl (C=O) groups excluding carboxylic acids is 2. The van der Waals surface area contributed by atoms with Crippen LogP contribution in [0.3, 0.4) is 0 Å². The van der Waals surface area contributed by atoms with Gasteiger partial charge in [-0.15, -0.1) is 5.10 Å². The van der Waals surface area contributed by atoms with Crippen LogP contribution in [-0.2, 0) is 9.59 Å². The van der Waals surface area contributed by atoms with Crippen molar-refractivity contribution in [2.75, 3.05) is 23.8 Å². The predicted octanol–water partition coefficient (Wildman–Crippen LogP) is 2.89. The summed E-state index contributed by atoms with van der Waals surface area (Å²) >= 11 is 5.92. The van der Waals surface area contributed by atoms with Crippen LogP contribution in [0.15, 0.2) is 42.5 Å². The van der Waals surface area contributed by atoms with Gasteiger partial charge >= 0.3 is 0 Å². The van der Waals surface area contributed by atoms with Crippen LogP contribution < -0.4 is 20.1 Å². The minimum absolute atomic E-state index is 0.0866. The quantitative estimate of drug-likeness (QED) is 0.665. The Morgan fingerprint density at radius 3 is 2.73 bits per heavy atom. The van der Waals surface area contributed by atoms with E-state index in [1.165, 1.54) is 4.68 Å². The van der Waals surface area contributed by atoms with Gasteiger partial charge in [-0.2, -0.15) is 4.98 Å². The molecule has 1 atom stereocenters. The average molecular weight is 426 g/mol. The number of hydrogen-bond donors (Lipinski definition) is 2. The van der Waals surface area contributed by atoms with Gasteiger partial charge in [0.2, 0.25) is 11.9 Å². The summed E-state index contributed by atoms with van der Waals surface area (Å²) in [7, 11) is 0. The molecule has 2 aliphatic rings. The lowest BCUT2D eigenvalue weighted by atomic mass is 10.2. The van der Waals surface area contributed by atoms with Crippen molar-refractivity contribution in [2.24, 2.45) is 0 Å². The van der Waals surface area contributed by atoms with Gasteiger partial charge in [0.1, 0.15) is 19.3 Å². The first-order valence-corrected chi connectivity index (χ1v) is 9.67. The van der Waals surface area contributed by atoms with E-state index >= 15 is 0 Å². The molecule has 1 aromatic heterocycles. The molecule has 0 aliphatic carbocycles. The molecule has 3 heterocycles. The lowest BCUT2D eigenvalue weighted by Crippen LogP contribution is -2.24. The van der Waals surface area contributed by atoms with Crippen LogP contribution in [0.5, 0.6) is 11.5 Å². The average Bonchev–Trinajstić information content (AvgIpc) is 3.27. The maximum atomic E-state index is 12.6. The van der Waals surface area contributed by atoms with Gasteiger partial charge in [-0.25, -0.2) is 4.68 Å². The number of ether oxygens (including phenoxy) is 2. The third-order valence-electron chi connectivity index (χ3n) is 4.77. The molecule has 2 aliphatic heterocycles. The smallest absolute Gasteiger partial charge is 0.252 e. The van der Waals surface area contributed by atoms with Crippen LogP contribution in [0, 0.1) is 0 Å². The number of anilines is 2. The molecule has 2 amide bonds. The molecular formula is C20H16ClN5O4. The summed E-state index contributed by atoms with van der Waals surface area (Å²) in [4.78, 5) is 29.2. The van der Waals surface area contributed by atoms with Gasteiger partial charge in [0, 0.05) is 22.3 Å². The molecule has 0 saturated carbocycles.